The van der Waals surface area contributed by atoms with Crippen molar-refractivity contribution in [3.63, 3.8) is 0 Å². The average molecular weight is 402 g/mol. The van der Waals surface area contributed by atoms with E-state index in [-0.39, 0.29) is 5.91 Å². The maximum absolute atomic E-state index is 14.4. The van der Waals surface area contributed by atoms with Crippen LogP contribution in [0, 0.1) is 11.6 Å². The molecular weight excluding hydrogens is 386 g/mol. The fraction of sp³-hybridized carbons (Fsp3) is 0.125. The molecule has 0 aromatic heterocycles. The molecule has 3 aromatic carbocycles. The first-order valence-electron chi connectivity index (χ1n) is 9.63. The highest BCUT2D eigenvalue weighted by Gasteiger charge is 2.58. The number of amides is 1. The van der Waals surface area contributed by atoms with Gasteiger partial charge >= 0.3 is 0 Å². The molecule has 0 saturated heterocycles. The van der Waals surface area contributed by atoms with E-state index < -0.39 is 23.5 Å². The van der Waals surface area contributed by atoms with Gasteiger partial charge in [0.05, 0.1) is 11.4 Å². The number of para-hydroxylation sites is 1. The van der Waals surface area contributed by atoms with Gasteiger partial charge in [0.25, 0.3) is 5.91 Å². The number of anilines is 2. The third-order valence-corrected chi connectivity index (χ3v) is 6.16. The Morgan fingerprint density at radius 1 is 0.933 bits per heavy atom. The minimum atomic E-state index is -1.56. The molecule has 30 heavy (non-hydrogen) atoms. The van der Waals surface area contributed by atoms with Gasteiger partial charge in [-0.2, -0.15) is 0 Å². The molecule has 6 rings (SSSR count). The van der Waals surface area contributed by atoms with Crippen molar-refractivity contribution < 1.29 is 18.3 Å². The molecule has 0 saturated carbocycles. The third-order valence-electron chi connectivity index (χ3n) is 6.16. The predicted molar refractivity (Wildman–Crippen MR) is 109 cm³/mol. The fourth-order valence-corrected chi connectivity index (χ4v) is 4.76. The Kier molecular flexibility index (Phi) is 3.34. The van der Waals surface area contributed by atoms with Gasteiger partial charge in [0.15, 0.2) is 17.9 Å². The van der Waals surface area contributed by atoms with Crippen molar-refractivity contribution in [1.29, 1.82) is 0 Å². The summed E-state index contributed by atoms with van der Waals surface area (Å²) in [5.74, 6) is -2.32. The van der Waals surface area contributed by atoms with E-state index in [1.165, 1.54) is 4.90 Å². The van der Waals surface area contributed by atoms with Gasteiger partial charge in [-0.15, -0.1) is 0 Å². The molecule has 3 aromatic rings. The summed E-state index contributed by atoms with van der Waals surface area (Å²) in [5, 5.41) is 0. The first-order valence-corrected chi connectivity index (χ1v) is 9.63. The number of benzene rings is 3. The number of nitrogens with zero attached hydrogens (tertiary/aromatic N) is 2. The quantitative estimate of drug-likeness (QED) is 0.546. The van der Waals surface area contributed by atoms with Crippen LogP contribution in [0.2, 0.25) is 0 Å². The van der Waals surface area contributed by atoms with Crippen LogP contribution in [0.3, 0.4) is 0 Å². The fourth-order valence-electron chi connectivity index (χ4n) is 4.76. The Bertz CT molecular complexity index is 1270. The van der Waals surface area contributed by atoms with E-state index in [0.29, 0.717) is 22.5 Å². The maximum Gasteiger partial charge on any atom is 0.268 e. The molecule has 0 radical (unpaired) electrons. The molecule has 0 aliphatic carbocycles. The van der Waals surface area contributed by atoms with Gasteiger partial charge in [-0.3, -0.25) is 4.79 Å². The summed E-state index contributed by atoms with van der Waals surface area (Å²) in [4.78, 5) is 16.9. The van der Waals surface area contributed by atoms with Crippen LogP contribution >= 0.6 is 0 Å². The van der Waals surface area contributed by atoms with Gasteiger partial charge in [-0.05, 0) is 23.8 Å². The molecule has 4 nitrogen and oxygen atoms in total. The first kappa shape index (κ1) is 17.4. The zero-order valence-electron chi connectivity index (χ0n) is 16.0. The van der Waals surface area contributed by atoms with E-state index in [9.17, 15) is 13.6 Å². The molecule has 2 atom stereocenters. The van der Waals surface area contributed by atoms with Crippen molar-refractivity contribution in [2.45, 2.75) is 11.8 Å². The second-order valence-electron chi connectivity index (χ2n) is 7.67. The Hall–Kier alpha value is -3.51. The second kappa shape index (κ2) is 5.77. The minimum Gasteiger partial charge on any atom is -0.328 e. The molecular formula is C24H16F2N2O2. The van der Waals surface area contributed by atoms with Crippen LogP contribution in [0.1, 0.15) is 28.5 Å². The van der Waals surface area contributed by atoms with E-state index >= 15 is 0 Å². The van der Waals surface area contributed by atoms with Crippen LogP contribution in [-0.4, -0.2) is 13.0 Å². The van der Waals surface area contributed by atoms with Crippen LogP contribution in [0.4, 0.5) is 20.2 Å². The number of carbonyl (C=O) groups excluding carboxylic acids is 1. The van der Waals surface area contributed by atoms with Crippen LogP contribution in [-0.2, 0) is 15.1 Å². The SMILES string of the molecule is CN1C(=O)[C@@]2(O[C@H]3c4ccccc4C=CN3c3cc(F)c(F)cc32)c2ccccc21. The summed E-state index contributed by atoms with van der Waals surface area (Å²) < 4.78 is 35.3. The Morgan fingerprint density at radius 3 is 2.53 bits per heavy atom. The molecule has 6 heteroatoms. The standard InChI is InChI=1S/C24H16F2N2O2/c1-27-20-9-5-4-8-16(20)24(23(27)29)17-12-18(25)19(26)13-21(17)28-11-10-14-6-2-3-7-15(14)22(28)30-24/h2-13,22H,1H3/t22-,24+/m0/s1. The zero-order valence-corrected chi connectivity index (χ0v) is 16.0. The van der Waals surface area contributed by atoms with Crippen molar-refractivity contribution >= 4 is 23.4 Å². The Morgan fingerprint density at radius 2 is 1.67 bits per heavy atom. The summed E-state index contributed by atoms with van der Waals surface area (Å²) in [7, 11) is 1.67. The number of hydrogen-bond donors (Lipinski definition) is 0. The topological polar surface area (TPSA) is 32.8 Å². The lowest BCUT2D eigenvalue weighted by Gasteiger charge is -2.46. The van der Waals surface area contributed by atoms with Gasteiger partial charge < -0.3 is 14.5 Å². The van der Waals surface area contributed by atoms with E-state index in [0.717, 1.165) is 23.3 Å². The third kappa shape index (κ3) is 1.99. The number of fused-ring (bicyclic) bond motifs is 8. The highest BCUT2D eigenvalue weighted by Crippen LogP contribution is 2.56. The smallest absolute Gasteiger partial charge is 0.268 e. The van der Waals surface area contributed by atoms with Crippen molar-refractivity contribution in [1.82, 2.24) is 0 Å². The maximum atomic E-state index is 14.4. The summed E-state index contributed by atoms with van der Waals surface area (Å²) in [5.41, 5.74) is 2.26. The average Bonchev–Trinajstić information content (AvgIpc) is 2.98. The molecule has 3 heterocycles. The van der Waals surface area contributed by atoms with Gasteiger partial charge in [0, 0.05) is 36.0 Å². The summed E-state index contributed by atoms with van der Waals surface area (Å²) in [6, 6.07) is 17.2. The van der Waals surface area contributed by atoms with Crippen LogP contribution < -0.4 is 9.80 Å². The van der Waals surface area contributed by atoms with Gasteiger partial charge in [0.1, 0.15) is 0 Å². The molecule has 0 unspecified atom stereocenters. The molecule has 0 fully saturated rings. The lowest BCUT2D eigenvalue weighted by molar-refractivity contribution is -0.147. The number of ether oxygens (including phenoxy) is 1. The first-order chi connectivity index (χ1) is 14.5. The second-order valence-corrected chi connectivity index (χ2v) is 7.67. The predicted octanol–water partition coefficient (Wildman–Crippen LogP) is 4.70. The highest BCUT2D eigenvalue weighted by atomic mass is 19.2. The zero-order chi connectivity index (χ0) is 20.6. The van der Waals surface area contributed by atoms with Gasteiger partial charge in [0.2, 0.25) is 5.60 Å². The largest absolute Gasteiger partial charge is 0.328 e. The summed E-state index contributed by atoms with van der Waals surface area (Å²) in [6.45, 7) is 0. The lowest BCUT2D eigenvalue weighted by atomic mass is 9.83. The van der Waals surface area contributed by atoms with Crippen LogP contribution in [0.5, 0.6) is 0 Å². The van der Waals surface area contributed by atoms with Gasteiger partial charge in [-0.25, -0.2) is 8.78 Å². The number of carbonyl (C=O) groups is 1. The highest BCUT2D eigenvalue weighted by molar-refractivity contribution is 6.10. The number of hydrogen-bond acceptors (Lipinski definition) is 3. The molecule has 148 valence electrons. The lowest BCUT2D eigenvalue weighted by Crippen LogP contribution is -2.50. The van der Waals surface area contributed by atoms with Crippen molar-refractivity contribution in [3.05, 3.63) is 101 Å². The van der Waals surface area contributed by atoms with Gasteiger partial charge in [-0.1, -0.05) is 42.5 Å². The van der Waals surface area contributed by atoms with Crippen molar-refractivity contribution in [2.24, 2.45) is 0 Å². The molecule has 3 aliphatic heterocycles. The monoisotopic (exact) mass is 402 g/mol. The molecule has 0 bridgehead atoms. The molecule has 1 spiro atoms. The molecule has 3 aliphatic rings. The van der Waals surface area contributed by atoms with E-state index in [4.69, 9.17) is 4.74 Å². The van der Waals surface area contributed by atoms with E-state index in [1.54, 1.807) is 18.1 Å². The molecule has 1 amide bonds. The van der Waals surface area contributed by atoms with Crippen LogP contribution in [0.15, 0.2) is 66.9 Å². The van der Waals surface area contributed by atoms with Crippen molar-refractivity contribution in [3.8, 4) is 0 Å². The number of halogens is 2. The normalized spacial score (nSPS) is 23.3. The van der Waals surface area contributed by atoms with E-state index in [1.807, 2.05) is 54.6 Å². The number of rotatable bonds is 0. The summed E-state index contributed by atoms with van der Waals surface area (Å²) >= 11 is 0. The van der Waals surface area contributed by atoms with E-state index in [2.05, 4.69) is 0 Å². The number of likely N-dealkylation sites (N-methyl/N-ethyl adjacent to an activating group) is 1. The minimum absolute atomic E-state index is 0.295. The van der Waals surface area contributed by atoms with Crippen molar-refractivity contribution in [2.75, 3.05) is 16.8 Å². The molecule has 0 N–H and O–H groups in total. The van der Waals surface area contributed by atoms with Crippen LogP contribution in [0.25, 0.3) is 6.08 Å². The summed E-state index contributed by atoms with van der Waals surface area (Å²) in [6.07, 6.45) is 3.02. The Labute approximate surface area is 171 Å². The Balaban J connectivity index is 1.70.